The first-order chi connectivity index (χ1) is 20.4. The fraction of sp³-hybridized carbons (Fsp3) is 0.375. The Labute approximate surface area is 256 Å². The molecule has 10 nitrogen and oxygen atoms in total. The molecule has 4 N–H and O–H groups in total. The van der Waals surface area contributed by atoms with E-state index in [-0.39, 0.29) is 11.1 Å². The number of methoxy groups -OCH3 is 1. The Morgan fingerprint density at radius 3 is 2.53 bits per heavy atom. The molecule has 0 spiro atoms. The monoisotopic (exact) mass is 604 g/mol. The Kier molecular flexibility index (Phi) is 9.79. The number of anilines is 1. The number of aromatic nitrogens is 4. The number of carbonyl (C=O) groups is 1. The Hall–Kier alpha value is -4.33. The number of ether oxygens (including phenoxy) is 3. The summed E-state index contributed by atoms with van der Waals surface area (Å²) >= 11 is 6.51. The zero-order valence-corrected chi connectivity index (χ0v) is 26.1. The van der Waals surface area contributed by atoms with Crippen LogP contribution >= 0.6 is 11.6 Å². The number of nitrogens with two attached hydrogens (primary N) is 2. The van der Waals surface area contributed by atoms with Crippen LogP contribution in [0.2, 0.25) is 5.15 Å². The largest absolute Gasteiger partial charge is 0.496 e. The normalized spacial score (nSPS) is 12.0. The first-order valence-corrected chi connectivity index (χ1v) is 14.3. The molecule has 1 aromatic carbocycles. The molecule has 11 heteroatoms. The van der Waals surface area contributed by atoms with Crippen molar-refractivity contribution in [3.05, 3.63) is 69.8 Å². The Balaban J connectivity index is 1.47. The number of carbonyl (C=O) groups excluding carboxylic acids is 1. The second-order valence-corrected chi connectivity index (χ2v) is 11.6. The van der Waals surface area contributed by atoms with Crippen molar-refractivity contribution in [2.75, 3.05) is 19.5 Å². The zero-order valence-electron chi connectivity index (χ0n) is 25.3. The van der Waals surface area contributed by atoms with E-state index >= 15 is 0 Å². The predicted octanol–water partition coefficient (Wildman–Crippen LogP) is 4.96. The maximum atomic E-state index is 12.0. The van der Waals surface area contributed by atoms with Crippen molar-refractivity contribution in [3.63, 3.8) is 0 Å². The minimum Gasteiger partial charge on any atom is -0.496 e. The number of hydrogen-bond acceptors (Lipinski definition) is 9. The van der Waals surface area contributed by atoms with Gasteiger partial charge in [0, 0.05) is 29.1 Å². The van der Waals surface area contributed by atoms with Crippen LogP contribution in [0.15, 0.2) is 36.7 Å². The lowest BCUT2D eigenvalue weighted by Gasteiger charge is -2.22. The van der Waals surface area contributed by atoms with Crippen LogP contribution < -0.4 is 20.9 Å². The number of hydrogen-bond donors (Lipinski definition) is 2. The fourth-order valence-corrected chi connectivity index (χ4v) is 4.80. The van der Waals surface area contributed by atoms with Gasteiger partial charge >= 0.3 is 5.97 Å². The molecule has 0 saturated heterocycles. The van der Waals surface area contributed by atoms with Gasteiger partial charge < -0.3 is 30.2 Å². The minimum atomic E-state index is -0.679. The van der Waals surface area contributed by atoms with Crippen molar-refractivity contribution in [3.8, 4) is 23.3 Å². The first kappa shape index (κ1) is 31.6. The van der Waals surface area contributed by atoms with Crippen LogP contribution in [0.4, 0.5) is 5.95 Å². The molecule has 0 bridgehead atoms. The molecule has 1 atom stereocenters. The summed E-state index contributed by atoms with van der Waals surface area (Å²) in [5.41, 5.74) is 16.1. The van der Waals surface area contributed by atoms with Gasteiger partial charge in [0.05, 0.1) is 36.9 Å². The number of rotatable bonds is 9. The molecule has 0 aliphatic rings. The van der Waals surface area contributed by atoms with Gasteiger partial charge in [-0.2, -0.15) is 4.98 Å². The molecule has 0 unspecified atom stereocenters. The molecule has 4 rings (SSSR count). The van der Waals surface area contributed by atoms with Crippen molar-refractivity contribution < 1.29 is 19.0 Å². The molecule has 0 amide bonds. The molecule has 0 aliphatic heterocycles. The Morgan fingerprint density at radius 2 is 1.86 bits per heavy atom. The van der Waals surface area contributed by atoms with Gasteiger partial charge in [-0.25, -0.2) is 4.98 Å². The molecular formula is C32H37ClN6O4. The zero-order chi connectivity index (χ0) is 31.3. The van der Waals surface area contributed by atoms with Crippen LogP contribution in [0.5, 0.6) is 11.5 Å². The van der Waals surface area contributed by atoms with Crippen molar-refractivity contribution >= 4 is 34.6 Å². The van der Waals surface area contributed by atoms with Crippen molar-refractivity contribution in [2.24, 2.45) is 5.73 Å². The molecule has 3 aromatic heterocycles. The molecule has 0 aliphatic carbocycles. The van der Waals surface area contributed by atoms with Crippen molar-refractivity contribution in [1.29, 1.82) is 0 Å². The highest BCUT2D eigenvalue weighted by atomic mass is 35.5. The highest BCUT2D eigenvalue weighted by Gasteiger charge is 2.22. The van der Waals surface area contributed by atoms with E-state index in [9.17, 15) is 4.79 Å². The Morgan fingerprint density at radius 1 is 1.14 bits per heavy atom. The van der Waals surface area contributed by atoms with E-state index < -0.39 is 17.6 Å². The number of nitrogen functional groups attached to an aromatic ring is 1. The summed E-state index contributed by atoms with van der Waals surface area (Å²) in [6.07, 6.45) is 4.75. The second-order valence-electron chi connectivity index (χ2n) is 11.2. The van der Waals surface area contributed by atoms with Gasteiger partial charge in [-0.15, -0.1) is 0 Å². The van der Waals surface area contributed by atoms with Crippen LogP contribution in [0.25, 0.3) is 11.0 Å². The average molecular weight is 605 g/mol. The molecule has 43 heavy (non-hydrogen) atoms. The van der Waals surface area contributed by atoms with Crippen molar-refractivity contribution in [1.82, 2.24) is 19.5 Å². The molecular weight excluding hydrogens is 568 g/mol. The van der Waals surface area contributed by atoms with E-state index in [0.29, 0.717) is 48.3 Å². The Bertz CT molecular complexity index is 1680. The summed E-state index contributed by atoms with van der Waals surface area (Å²) in [5, 5.41) is 0.844. The predicted molar refractivity (Wildman–Crippen MR) is 167 cm³/mol. The van der Waals surface area contributed by atoms with Crippen LogP contribution in [0.3, 0.4) is 0 Å². The van der Waals surface area contributed by atoms with Gasteiger partial charge in [0.25, 0.3) is 0 Å². The first-order valence-electron chi connectivity index (χ1n) is 13.9. The van der Waals surface area contributed by atoms with E-state index in [1.165, 1.54) is 0 Å². The highest BCUT2D eigenvalue weighted by molar-refractivity contribution is 6.34. The summed E-state index contributed by atoms with van der Waals surface area (Å²) in [6, 6.07) is 6.75. The van der Waals surface area contributed by atoms with Crippen LogP contribution in [-0.4, -0.2) is 50.8 Å². The molecule has 226 valence electrons. The van der Waals surface area contributed by atoms with Crippen LogP contribution in [-0.2, 0) is 16.1 Å². The molecule has 0 fully saturated rings. The quantitative estimate of drug-likeness (QED) is 0.117. The molecule has 4 aromatic rings. The SMILES string of the molecule is COc1c(C)cnc(Cn2cc(C#Cc3ccc(OCCC[C@H](N)C(=O)OC(C)(C)C)cc3)c3c(Cl)nc(N)nc32)c1C. The molecule has 3 heterocycles. The van der Waals surface area contributed by atoms with E-state index in [4.69, 9.17) is 37.3 Å². The van der Waals surface area contributed by atoms with Crippen LogP contribution in [0.1, 0.15) is 61.6 Å². The third-order valence-electron chi connectivity index (χ3n) is 6.59. The summed E-state index contributed by atoms with van der Waals surface area (Å²) in [5.74, 6) is 7.55. The summed E-state index contributed by atoms with van der Waals surface area (Å²) in [4.78, 5) is 25.2. The van der Waals surface area contributed by atoms with Gasteiger partial charge in [-0.3, -0.25) is 9.78 Å². The second kappa shape index (κ2) is 13.3. The van der Waals surface area contributed by atoms with Gasteiger partial charge in [-0.1, -0.05) is 23.4 Å². The van der Waals surface area contributed by atoms with Gasteiger partial charge in [0.2, 0.25) is 5.95 Å². The number of fused-ring (bicyclic) bond motifs is 1. The van der Waals surface area contributed by atoms with E-state index in [1.54, 1.807) is 13.3 Å². The molecule has 0 saturated carbocycles. The lowest BCUT2D eigenvalue weighted by atomic mass is 10.1. The number of aryl methyl sites for hydroxylation is 1. The lowest BCUT2D eigenvalue weighted by Crippen LogP contribution is -2.37. The average Bonchev–Trinajstić information content (AvgIpc) is 3.28. The smallest absolute Gasteiger partial charge is 0.323 e. The third-order valence-corrected chi connectivity index (χ3v) is 6.87. The van der Waals surface area contributed by atoms with Gasteiger partial charge in [0.1, 0.15) is 33.9 Å². The van der Waals surface area contributed by atoms with Crippen LogP contribution in [0, 0.1) is 25.7 Å². The number of pyridine rings is 1. The number of esters is 1. The van der Waals surface area contributed by atoms with Crippen molar-refractivity contribution in [2.45, 2.75) is 65.6 Å². The highest BCUT2D eigenvalue weighted by Crippen LogP contribution is 2.29. The maximum absolute atomic E-state index is 12.0. The van der Waals surface area contributed by atoms with E-state index in [1.807, 2.05) is 69.6 Å². The fourth-order valence-electron chi connectivity index (χ4n) is 4.53. The standard InChI is InChI=1S/C32H37ClN6O4/c1-19-16-36-25(20(2)27(19)41-6)18-39-17-22(26-28(33)37-31(35)38-29(26)39)12-9-21-10-13-23(14-11-21)42-15-7-8-24(34)30(40)43-32(3,4)5/h10-11,13-14,16-17,24H,7-8,15,18,34H2,1-6H3,(H2,35,37,38)/t24-/m0/s1. The summed E-state index contributed by atoms with van der Waals surface area (Å²) in [7, 11) is 1.65. The van der Waals surface area contributed by atoms with Gasteiger partial charge in [-0.05, 0) is 71.7 Å². The number of nitrogens with zero attached hydrogens (tertiary/aromatic N) is 4. The summed E-state index contributed by atoms with van der Waals surface area (Å²) in [6.45, 7) is 10.2. The summed E-state index contributed by atoms with van der Waals surface area (Å²) < 4.78 is 18.6. The molecule has 0 radical (unpaired) electrons. The maximum Gasteiger partial charge on any atom is 0.323 e. The minimum absolute atomic E-state index is 0.0740. The number of halogens is 1. The van der Waals surface area contributed by atoms with E-state index in [2.05, 4.69) is 26.8 Å². The lowest BCUT2D eigenvalue weighted by molar-refractivity contribution is -0.156. The topological polar surface area (TPSA) is 140 Å². The van der Waals surface area contributed by atoms with Gasteiger partial charge in [0.15, 0.2) is 0 Å². The third kappa shape index (κ3) is 7.95. The van der Waals surface area contributed by atoms with E-state index in [0.717, 1.165) is 28.1 Å². The number of benzene rings is 1.